The van der Waals surface area contributed by atoms with Gasteiger partial charge in [-0.1, -0.05) is 29.8 Å². The predicted octanol–water partition coefficient (Wildman–Crippen LogP) is 1.25. The minimum absolute atomic E-state index is 0.625. The maximum absolute atomic E-state index is 10.8. The third-order valence-corrected chi connectivity index (χ3v) is 2.06. The van der Waals surface area contributed by atoms with Crippen molar-refractivity contribution in [1.82, 2.24) is 0 Å². The number of nitrogens with two attached hydrogens (primary N) is 1. The zero-order valence-electron chi connectivity index (χ0n) is 7.74. The first-order chi connectivity index (χ1) is 5.94. The highest BCUT2D eigenvalue weighted by molar-refractivity contribution is 5.79. The number of hydrogen-bond donors (Lipinski definition) is 2. The number of carboxylic acid groups (broad SMARTS) is 1. The molecule has 0 fully saturated rings. The molecule has 0 aromatic heterocycles. The molecule has 0 unspecified atom stereocenters. The molecular formula is C10H13NO2. The smallest absolute Gasteiger partial charge is 0.328 e. The first-order valence-corrected chi connectivity index (χ1v) is 4.04. The van der Waals surface area contributed by atoms with Crippen LogP contribution < -0.4 is 5.73 Å². The minimum Gasteiger partial charge on any atom is -0.480 e. The Kier molecular flexibility index (Phi) is 2.38. The molecule has 3 heteroatoms. The summed E-state index contributed by atoms with van der Waals surface area (Å²) in [4.78, 5) is 10.8. The molecular weight excluding hydrogens is 166 g/mol. The van der Waals surface area contributed by atoms with Crippen LogP contribution in [0.5, 0.6) is 0 Å². The van der Waals surface area contributed by atoms with E-state index in [1.165, 1.54) is 6.92 Å². The quantitative estimate of drug-likeness (QED) is 0.718. The fraction of sp³-hybridized carbons (Fsp3) is 0.300. The molecule has 1 rings (SSSR count). The van der Waals surface area contributed by atoms with Gasteiger partial charge in [0, 0.05) is 0 Å². The molecule has 0 aliphatic carbocycles. The van der Waals surface area contributed by atoms with Gasteiger partial charge in [-0.15, -0.1) is 0 Å². The highest BCUT2D eigenvalue weighted by Crippen LogP contribution is 2.18. The van der Waals surface area contributed by atoms with Gasteiger partial charge in [0.2, 0.25) is 0 Å². The van der Waals surface area contributed by atoms with E-state index >= 15 is 0 Å². The molecule has 1 atom stereocenters. The van der Waals surface area contributed by atoms with Crippen LogP contribution in [0, 0.1) is 6.92 Å². The highest BCUT2D eigenvalue weighted by Gasteiger charge is 2.29. The zero-order chi connectivity index (χ0) is 10.1. The van der Waals surface area contributed by atoms with Crippen LogP contribution in [0.1, 0.15) is 18.1 Å². The predicted molar refractivity (Wildman–Crippen MR) is 50.4 cm³/mol. The second kappa shape index (κ2) is 3.18. The average molecular weight is 179 g/mol. The van der Waals surface area contributed by atoms with E-state index in [9.17, 15) is 4.79 Å². The molecule has 13 heavy (non-hydrogen) atoms. The third kappa shape index (κ3) is 1.87. The van der Waals surface area contributed by atoms with Crippen LogP contribution in [-0.4, -0.2) is 11.1 Å². The molecule has 0 bridgehead atoms. The average Bonchev–Trinajstić information content (AvgIpc) is 2.04. The van der Waals surface area contributed by atoms with Crippen molar-refractivity contribution in [2.45, 2.75) is 19.4 Å². The van der Waals surface area contributed by atoms with Gasteiger partial charge >= 0.3 is 5.97 Å². The van der Waals surface area contributed by atoms with E-state index in [4.69, 9.17) is 10.8 Å². The van der Waals surface area contributed by atoms with E-state index in [1.807, 2.05) is 13.0 Å². The van der Waals surface area contributed by atoms with Crippen molar-refractivity contribution in [3.63, 3.8) is 0 Å². The Morgan fingerprint density at radius 2 is 2.15 bits per heavy atom. The van der Waals surface area contributed by atoms with Crippen molar-refractivity contribution in [1.29, 1.82) is 0 Å². The lowest BCUT2D eigenvalue weighted by atomic mass is 9.92. The largest absolute Gasteiger partial charge is 0.480 e. The van der Waals surface area contributed by atoms with E-state index in [1.54, 1.807) is 18.2 Å². The van der Waals surface area contributed by atoms with Crippen LogP contribution >= 0.6 is 0 Å². The molecule has 0 saturated carbocycles. The lowest BCUT2D eigenvalue weighted by Gasteiger charge is -2.19. The Hall–Kier alpha value is -1.35. The summed E-state index contributed by atoms with van der Waals surface area (Å²) in [5.74, 6) is -1.02. The van der Waals surface area contributed by atoms with Gasteiger partial charge < -0.3 is 10.8 Å². The number of carboxylic acids is 1. The van der Waals surface area contributed by atoms with Crippen molar-refractivity contribution in [3.05, 3.63) is 35.4 Å². The fourth-order valence-electron chi connectivity index (χ4n) is 1.09. The van der Waals surface area contributed by atoms with Gasteiger partial charge in [-0.3, -0.25) is 0 Å². The van der Waals surface area contributed by atoms with Crippen molar-refractivity contribution >= 4 is 5.97 Å². The van der Waals surface area contributed by atoms with E-state index < -0.39 is 11.5 Å². The summed E-state index contributed by atoms with van der Waals surface area (Å²) in [6.45, 7) is 3.39. The summed E-state index contributed by atoms with van der Waals surface area (Å²) in [5.41, 5.74) is 5.99. The number of aryl methyl sites for hydroxylation is 1. The lowest BCUT2D eigenvalue weighted by molar-refractivity contribution is -0.143. The molecule has 3 N–H and O–H groups in total. The lowest BCUT2D eigenvalue weighted by Crippen LogP contribution is -2.41. The Bertz CT molecular complexity index is 331. The van der Waals surface area contributed by atoms with Crippen LogP contribution in [0.3, 0.4) is 0 Å². The Balaban J connectivity index is 3.14. The van der Waals surface area contributed by atoms with Gasteiger partial charge in [0.25, 0.3) is 0 Å². The zero-order valence-corrected chi connectivity index (χ0v) is 7.74. The summed E-state index contributed by atoms with van der Waals surface area (Å²) in [6, 6.07) is 7.22. The number of carbonyl (C=O) groups is 1. The maximum atomic E-state index is 10.8. The van der Waals surface area contributed by atoms with Crippen LogP contribution in [0.15, 0.2) is 24.3 Å². The summed E-state index contributed by atoms with van der Waals surface area (Å²) >= 11 is 0. The van der Waals surface area contributed by atoms with Gasteiger partial charge in [-0.2, -0.15) is 0 Å². The molecule has 0 radical (unpaired) electrons. The number of aliphatic carboxylic acids is 1. The molecule has 1 aromatic rings. The van der Waals surface area contributed by atoms with Crippen LogP contribution in [0.4, 0.5) is 0 Å². The van der Waals surface area contributed by atoms with E-state index in [2.05, 4.69) is 0 Å². The summed E-state index contributed by atoms with van der Waals surface area (Å²) in [7, 11) is 0. The standard InChI is InChI=1S/C10H13NO2/c1-7-4-3-5-8(6-7)10(2,11)9(12)13/h3-6H,11H2,1-2H3,(H,12,13)/t10-/m1/s1. The highest BCUT2D eigenvalue weighted by atomic mass is 16.4. The van der Waals surface area contributed by atoms with Gasteiger partial charge in [-0.05, 0) is 19.4 Å². The molecule has 0 spiro atoms. The number of hydrogen-bond acceptors (Lipinski definition) is 2. The van der Waals surface area contributed by atoms with Crippen molar-refractivity contribution < 1.29 is 9.90 Å². The van der Waals surface area contributed by atoms with Gasteiger partial charge in [0.05, 0.1) is 0 Å². The second-order valence-electron chi connectivity index (χ2n) is 3.38. The topological polar surface area (TPSA) is 63.3 Å². The van der Waals surface area contributed by atoms with Crippen LogP contribution in [-0.2, 0) is 10.3 Å². The summed E-state index contributed by atoms with van der Waals surface area (Å²) in [6.07, 6.45) is 0. The van der Waals surface area contributed by atoms with Crippen LogP contribution in [0.25, 0.3) is 0 Å². The van der Waals surface area contributed by atoms with Crippen molar-refractivity contribution in [2.24, 2.45) is 5.73 Å². The monoisotopic (exact) mass is 179 g/mol. The summed E-state index contributed by atoms with van der Waals surface area (Å²) < 4.78 is 0. The molecule has 1 aromatic carbocycles. The SMILES string of the molecule is Cc1cccc([C@@](C)(N)C(=O)O)c1. The Morgan fingerprint density at radius 3 is 2.62 bits per heavy atom. The third-order valence-electron chi connectivity index (χ3n) is 2.06. The fourth-order valence-corrected chi connectivity index (χ4v) is 1.09. The van der Waals surface area contributed by atoms with Gasteiger partial charge in [0.15, 0.2) is 0 Å². The molecule has 3 nitrogen and oxygen atoms in total. The number of benzene rings is 1. The summed E-state index contributed by atoms with van der Waals surface area (Å²) in [5, 5.41) is 8.86. The van der Waals surface area contributed by atoms with Crippen LogP contribution in [0.2, 0.25) is 0 Å². The first-order valence-electron chi connectivity index (χ1n) is 4.04. The molecule has 0 saturated heterocycles. The normalized spacial score (nSPS) is 15.0. The number of rotatable bonds is 2. The van der Waals surface area contributed by atoms with E-state index in [0.717, 1.165) is 5.56 Å². The van der Waals surface area contributed by atoms with E-state index in [0.29, 0.717) is 5.56 Å². The molecule has 0 heterocycles. The maximum Gasteiger partial charge on any atom is 0.328 e. The molecule has 0 aliphatic heterocycles. The van der Waals surface area contributed by atoms with Gasteiger partial charge in [0.1, 0.15) is 5.54 Å². The molecule has 70 valence electrons. The molecule has 0 aliphatic rings. The van der Waals surface area contributed by atoms with Gasteiger partial charge in [-0.25, -0.2) is 4.79 Å². The second-order valence-corrected chi connectivity index (χ2v) is 3.38. The van der Waals surface area contributed by atoms with E-state index in [-0.39, 0.29) is 0 Å². The Labute approximate surface area is 77.2 Å². The minimum atomic E-state index is -1.30. The first kappa shape index (κ1) is 9.74. The molecule has 0 amide bonds. The van der Waals surface area contributed by atoms with Crippen molar-refractivity contribution in [2.75, 3.05) is 0 Å². The van der Waals surface area contributed by atoms with Crippen molar-refractivity contribution in [3.8, 4) is 0 Å². The Morgan fingerprint density at radius 1 is 1.54 bits per heavy atom.